The molecule has 0 radical (unpaired) electrons. The second-order valence-electron chi connectivity index (χ2n) is 4.95. The van der Waals surface area contributed by atoms with Gasteiger partial charge in [-0.25, -0.2) is 0 Å². The van der Waals surface area contributed by atoms with Gasteiger partial charge in [0, 0.05) is 30.5 Å². The summed E-state index contributed by atoms with van der Waals surface area (Å²) in [5, 5.41) is 9.77. The molecule has 0 bridgehead atoms. The van der Waals surface area contributed by atoms with Gasteiger partial charge >= 0.3 is 0 Å². The number of carbonyl (C=O) groups excluding carboxylic acids is 1. The minimum absolute atomic E-state index is 0.0105. The van der Waals surface area contributed by atoms with Crippen LogP contribution in [0.5, 0.6) is 0 Å². The average Bonchev–Trinajstić information content (AvgIpc) is 2.96. The number of aliphatic hydroxyl groups is 1. The van der Waals surface area contributed by atoms with Gasteiger partial charge in [0.1, 0.15) is 0 Å². The molecule has 0 spiro atoms. The van der Waals surface area contributed by atoms with Crippen LogP contribution in [0.15, 0.2) is 22.0 Å². The van der Waals surface area contributed by atoms with Crippen molar-refractivity contribution >= 4 is 39.2 Å². The number of halogens is 1. The number of carbonyl (C=O) groups is 1. The Bertz CT molecular complexity index is 472. The maximum atomic E-state index is 12.0. The summed E-state index contributed by atoms with van der Waals surface area (Å²) in [6.45, 7) is 0.637. The van der Waals surface area contributed by atoms with Crippen LogP contribution in [0, 0.1) is 5.92 Å². The fourth-order valence-corrected chi connectivity index (χ4v) is 3.70. The summed E-state index contributed by atoms with van der Waals surface area (Å²) in [5.74, 6) is 0.224. The largest absolute Gasteiger partial charge is 0.393 e. The van der Waals surface area contributed by atoms with Crippen LogP contribution in [0.4, 0.5) is 0 Å². The molecule has 0 saturated heterocycles. The van der Waals surface area contributed by atoms with Gasteiger partial charge in [-0.2, -0.15) is 0 Å². The van der Waals surface area contributed by atoms with Crippen LogP contribution >= 0.6 is 27.3 Å². The van der Waals surface area contributed by atoms with Crippen LogP contribution in [-0.2, 0) is 4.79 Å². The highest BCUT2D eigenvalue weighted by molar-refractivity contribution is 9.11. The quantitative estimate of drug-likeness (QED) is 0.853. The number of hydrogen-bond acceptors (Lipinski definition) is 3. The summed E-state index contributed by atoms with van der Waals surface area (Å²) in [4.78, 5) is 14.7. The van der Waals surface area contributed by atoms with Crippen molar-refractivity contribution in [3.8, 4) is 0 Å². The monoisotopic (exact) mass is 343 g/mol. The lowest BCUT2D eigenvalue weighted by molar-refractivity contribution is -0.125. The second kappa shape index (κ2) is 6.68. The molecule has 104 valence electrons. The van der Waals surface area contributed by atoms with E-state index in [1.165, 1.54) is 0 Å². The van der Waals surface area contributed by atoms with Crippen molar-refractivity contribution in [3.63, 3.8) is 0 Å². The maximum absolute atomic E-state index is 12.0. The Kier molecular flexibility index (Phi) is 5.19. The Morgan fingerprint density at radius 1 is 1.58 bits per heavy atom. The van der Waals surface area contributed by atoms with Gasteiger partial charge < -0.3 is 10.0 Å². The number of aliphatic hydroxyl groups excluding tert-OH is 1. The average molecular weight is 344 g/mol. The van der Waals surface area contributed by atoms with Gasteiger partial charge in [0.15, 0.2) is 0 Å². The van der Waals surface area contributed by atoms with Crippen molar-refractivity contribution in [1.82, 2.24) is 4.90 Å². The van der Waals surface area contributed by atoms with Crippen LogP contribution in [0.3, 0.4) is 0 Å². The molecule has 5 heteroatoms. The molecule has 0 aromatic carbocycles. The summed E-state index contributed by atoms with van der Waals surface area (Å²) in [5.41, 5.74) is 0. The van der Waals surface area contributed by atoms with Gasteiger partial charge in [-0.1, -0.05) is 6.42 Å². The topological polar surface area (TPSA) is 40.5 Å². The molecular formula is C14H18BrNO2S. The van der Waals surface area contributed by atoms with Gasteiger partial charge in [0.2, 0.25) is 5.91 Å². The lowest BCUT2D eigenvalue weighted by atomic mass is 10.1. The van der Waals surface area contributed by atoms with Crippen molar-refractivity contribution in [1.29, 1.82) is 0 Å². The molecule has 1 aliphatic carbocycles. The Morgan fingerprint density at radius 2 is 2.37 bits per heavy atom. The van der Waals surface area contributed by atoms with E-state index in [4.69, 9.17) is 0 Å². The van der Waals surface area contributed by atoms with Crippen LogP contribution in [-0.4, -0.2) is 35.6 Å². The highest BCUT2D eigenvalue weighted by Crippen LogP contribution is 2.26. The number of nitrogens with zero attached hydrogens (tertiary/aromatic N) is 1. The van der Waals surface area contributed by atoms with E-state index >= 15 is 0 Å². The van der Waals surface area contributed by atoms with E-state index in [1.807, 2.05) is 18.2 Å². The van der Waals surface area contributed by atoms with E-state index < -0.39 is 0 Å². The molecule has 1 amide bonds. The number of hydrogen-bond donors (Lipinski definition) is 1. The third kappa shape index (κ3) is 4.16. The van der Waals surface area contributed by atoms with Gasteiger partial charge in [-0.3, -0.25) is 4.79 Å². The first-order valence-corrected chi connectivity index (χ1v) is 8.04. The highest BCUT2D eigenvalue weighted by Gasteiger charge is 2.26. The lowest BCUT2D eigenvalue weighted by Gasteiger charge is -2.22. The molecule has 1 fully saturated rings. The summed E-state index contributed by atoms with van der Waals surface area (Å²) >= 11 is 4.99. The van der Waals surface area contributed by atoms with E-state index in [0.29, 0.717) is 6.54 Å². The van der Waals surface area contributed by atoms with Gasteiger partial charge in [0.05, 0.1) is 9.89 Å². The van der Waals surface area contributed by atoms with Crippen molar-refractivity contribution in [2.24, 2.45) is 5.92 Å². The van der Waals surface area contributed by atoms with E-state index in [1.54, 1.807) is 29.4 Å². The highest BCUT2D eigenvalue weighted by atomic mass is 79.9. The minimum Gasteiger partial charge on any atom is -0.393 e. The fourth-order valence-electron chi connectivity index (χ4n) is 2.37. The smallest absolute Gasteiger partial charge is 0.246 e. The Morgan fingerprint density at radius 3 is 2.95 bits per heavy atom. The number of thiophene rings is 1. The zero-order valence-corrected chi connectivity index (χ0v) is 13.3. The number of rotatable bonds is 4. The summed E-state index contributed by atoms with van der Waals surface area (Å²) < 4.78 is 1.06. The Hall–Kier alpha value is -0.650. The maximum Gasteiger partial charge on any atom is 0.246 e. The van der Waals surface area contributed by atoms with E-state index in [0.717, 1.165) is 27.9 Å². The van der Waals surface area contributed by atoms with Crippen LogP contribution < -0.4 is 0 Å². The third-order valence-electron chi connectivity index (χ3n) is 3.49. The Labute approximate surface area is 126 Å². The first kappa shape index (κ1) is 14.8. The first-order chi connectivity index (χ1) is 9.06. The van der Waals surface area contributed by atoms with E-state index in [2.05, 4.69) is 15.9 Å². The fraction of sp³-hybridized carbons (Fsp3) is 0.500. The van der Waals surface area contributed by atoms with Gasteiger partial charge in [-0.05, 0) is 47.0 Å². The molecule has 1 N–H and O–H groups in total. The van der Waals surface area contributed by atoms with Crippen molar-refractivity contribution in [2.75, 3.05) is 13.6 Å². The van der Waals surface area contributed by atoms with Crippen molar-refractivity contribution < 1.29 is 9.90 Å². The molecule has 0 aliphatic heterocycles. The molecule has 1 heterocycles. The van der Waals surface area contributed by atoms with E-state index in [-0.39, 0.29) is 17.9 Å². The summed E-state index contributed by atoms with van der Waals surface area (Å²) in [7, 11) is 1.79. The minimum atomic E-state index is -0.243. The third-order valence-corrected chi connectivity index (χ3v) is 5.08. The van der Waals surface area contributed by atoms with Crippen molar-refractivity contribution in [2.45, 2.75) is 25.4 Å². The summed E-state index contributed by atoms with van der Waals surface area (Å²) in [6.07, 6.45) is 6.13. The zero-order valence-electron chi connectivity index (χ0n) is 10.9. The first-order valence-electron chi connectivity index (χ1n) is 6.43. The predicted octanol–water partition coefficient (Wildman–Crippen LogP) is 3.14. The van der Waals surface area contributed by atoms with Crippen LogP contribution in [0.1, 0.15) is 24.1 Å². The molecule has 1 aromatic rings. The molecule has 3 nitrogen and oxygen atoms in total. The molecule has 1 saturated carbocycles. The lowest BCUT2D eigenvalue weighted by Crippen LogP contribution is -2.33. The Balaban J connectivity index is 1.86. The number of amides is 1. The molecule has 2 unspecified atom stereocenters. The SMILES string of the molecule is CN(CC1CCCC1O)C(=O)/C=C/c1ccc(Br)s1. The summed E-state index contributed by atoms with van der Waals surface area (Å²) in [6, 6.07) is 3.94. The molecule has 1 aromatic heterocycles. The predicted molar refractivity (Wildman–Crippen MR) is 82.0 cm³/mol. The molecular weight excluding hydrogens is 326 g/mol. The van der Waals surface area contributed by atoms with Gasteiger partial charge in [-0.15, -0.1) is 11.3 Å². The molecule has 19 heavy (non-hydrogen) atoms. The van der Waals surface area contributed by atoms with Gasteiger partial charge in [0.25, 0.3) is 0 Å². The van der Waals surface area contributed by atoms with Crippen LogP contribution in [0.25, 0.3) is 6.08 Å². The van der Waals surface area contributed by atoms with Crippen LogP contribution in [0.2, 0.25) is 0 Å². The standard InChI is InChI=1S/C14H18BrNO2S/c1-16(9-10-3-2-4-12(10)17)14(18)8-6-11-5-7-13(15)19-11/h5-8,10,12,17H,2-4,9H2,1H3/b8-6+. The normalized spacial score (nSPS) is 23.1. The molecule has 1 aliphatic rings. The second-order valence-corrected chi connectivity index (χ2v) is 7.45. The van der Waals surface area contributed by atoms with Crippen molar-refractivity contribution in [3.05, 3.63) is 26.9 Å². The van der Waals surface area contributed by atoms with E-state index in [9.17, 15) is 9.90 Å². The molecule has 2 atom stereocenters. The molecule has 2 rings (SSSR count). The zero-order chi connectivity index (χ0) is 13.8. The number of likely N-dealkylation sites (N-methyl/N-ethyl adjacent to an activating group) is 1.